The van der Waals surface area contributed by atoms with Gasteiger partial charge >= 0.3 is 11.7 Å². The number of rotatable bonds is 3. The number of carboxylic acids is 1. The minimum absolute atomic E-state index is 0.197. The largest absolute Gasteiger partial charge is 0.478 e. The van der Waals surface area contributed by atoms with E-state index in [1.165, 1.54) is 21.6 Å². The number of aryl methyl sites for hydroxylation is 2. The van der Waals surface area contributed by atoms with Gasteiger partial charge in [0.2, 0.25) is 0 Å². The topological polar surface area (TPSA) is 77.1 Å². The molecule has 1 aromatic carbocycles. The molecule has 6 nitrogen and oxygen atoms in total. The smallest absolute Gasteiger partial charge is 0.345 e. The van der Waals surface area contributed by atoms with Crippen molar-refractivity contribution in [1.29, 1.82) is 0 Å². The Morgan fingerprint density at radius 3 is 2.67 bits per heavy atom. The molecule has 2 rings (SSSR count). The molecular formula is C12H13N3O3. The van der Waals surface area contributed by atoms with E-state index in [1.807, 2.05) is 6.92 Å². The van der Waals surface area contributed by atoms with Crippen molar-refractivity contribution in [3.05, 3.63) is 51.7 Å². The van der Waals surface area contributed by atoms with Crippen LogP contribution >= 0.6 is 0 Å². The first-order valence-electron chi connectivity index (χ1n) is 5.40. The van der Waals surface area contributed by atoms with E-state index in [2.05, 4.69) is 5.10 Å². The van der Waals surface area contributed by atoms with E-state index in [-0.39, 0.29) is 11.3 Å². The van der Waals surface area contributed by atoms with Crippen LogP contribution in [0, 0.1) is 6.92 Å². The third-order valence-electron chi connectivity index (χ3n) is 2.80. The summed E-state index contributed by atoms with van der Waals surface area (Å²) in [5.74, 6) is -0.959. The quantitative estimate of drug-likeness (QED) is 0.863. The fraction of sp³-hybridized carbons (Fsp3) is 0.250. The molecule has 0 saturated carbocycles. The summed E-state index contributed by atoms with van der Waals surface area (Å²) in [5.41, 5.74) is 1.74. The molecule has 0 aliphatic carbocycles. The molecule has 1 heterocycles. The van der Waals surface area contributed by atoms with Gasteiger partial charge in [-0.15, -0.1) is 0 Å². The Morgan fingerprint density at radius 2 is 2.17 bits per heavy atom. The first kappa shape index (κ1) is 12.1. The zero-order valence-corrected chi connectivity index (χ0v) is 10.1. The molecule has 0 amide bonds. The van der Waals surface area contributed by atoms with Crippen molar-refractivity contribution in [1.82, 2.24) is 14.3 Å². The maximum atomic E-state index is 11.6. The van der Waals surface area contributed by atoms with Gasteiger partial charge in [0.25, 0.3) is 0 Å². The number of aromatic carboxylic acids is 1. The highest BCUT2D eigenvalue weighted by molar-refractivity contribution is 5.87. The molecule has 6 heteroatoms. The molecule has 0 atom stereocenters. The minimum Gasteiger partial charge on any atom is -0.478 e. The lowest BCUT2D eigenvalue weighted by Crippen LogP contribution is -2.23. The molecule has 0 bridgehead atoms. The number of carboxylic acid groups (broad SMARTS) is 1. The summed E-state index contributed by atoms with van der Waals surface area (Å²) in [4.78, 5) is 22.4. The van der Waals surface area contributed by atoms with Gasteiger partial charge in [0, 0.05) is 7.05 Å². The van der Waals surface area contributed by atoms with Crippen molar-refractivity contribution in [2.45, 2.75) is 13.5 Å². The summed E-state index contributed by atoms with van der Waals surface area (Å²) in [6.07, 6.45) is 1.45. The van der Waals surface area contributed by atoms with Crippen LogP contribution in [0.3, 0.4) is 0 Å². The van der Waals surface area contributed by atoms with Crippen LogP contribution in [0.15, 0.2) is 29.3 Å². The van der Waals surface area contributed by atoms with Crippen molar-refractivity contribution in [2.75, 3.05) is 0 Å². The van der Waals surface area contributed by atoms with Crippen molar-refractivity contribution < 1.29 is 9.90 Å². The van der Waals surface area contributed by atoms with Gasteiger partial charge in [-0.2, -0.15) is 5.10 Å². The van der Waals surface area contributed by atoms with Crippen molar-refractivity contribution in [3.8, 4) is 0 Å². The Bertz CT molecular complexity index is 655. The van der Waals surface area contributed by atoms with Crippen LogP contribution in [0.25, 0.3) is 0 Å². The lowest BCUT2D eigenvalue weighted by molar-refractivity contribution is 0.0697. The molecule has 0 aliphatic rings. The SMILES string of the molecule is Cc1cc(C(=O)O)ccc1Cn1ncn(C)c1=O. The van der Waals surface area contributed by atoms with Gasteiger partial charge in [0.05, 0.1) is 12.1 Å². The maximum absolute atomic E-state index is 11.6. The lowest BCUT2D eigenvalue weighted by Gasteiger charge is -2.06. The molecule has 0 aliphatic heterocycles. The van der Waals surface area contributed by atoms with E-state index in [9.17, 15) is 9.59 Å². The molecule has 0 spiro atoms. The normalized spacial score (nSPS) is 10.6. The average molecular weight is 247 g/mol. The number of carbonyl (C=O) groups is 1. The number of benzene rings is 1. The number of hydrogen-bond acceptors (Lipinski definition) is 3. The summed E-state index contributed by atoms with van der Waals surface area (Å²) in [6, 6.07) is 4.82. The molecule has 94 valence electrons. The van der Waals surface area contributed by atoms with Gasteiger partial charge in [-0.1, -0.05) is 6.07 Å². The highest BCUT2D eigenvalue weighted by atomic mass is 16.4. The van der Waals surface area contributed by atoms with Crippen LogP contribution in [-0.4, -0.2) is 25.4 Å². The first-order chi connectivity index (χ1) is 8.49. The second kappa shape index (κ2) is 4.48. The van der Waals surface area contributed by atoms with Crippen LogP contribution in [0.5, 0.6) is 0 Å². The third-order valence-corrected chi connectivity index (χ3v) is 2.80. The first-order valence-corrected chi connectivity index (χ1v) is 5.40. The van der Waals surface area contributed by atoms with Crippen molar-refractivity contribution in [2.24, 2.45) is 7.05 Å². The van der Waals surface area contributed by atoms with E-state index < -0.39 is 5.97 Å². The van der Waals surface area contributed by atoms with Gasteiger partial charge < -0.3 is 5.11 Å². The van der Waals surface area contributed by atoms with Gasteiger partial charge in [0.1, 0.15) is 6.33 Å². The number of aromatic nitrogens is 3. The summed E-state index contributed by atoms with van der Waals surface area (Å²) in [5, 5.41) is 12.8. The lowest BCUT2D eigenvalue weighted by atomic mass is 10.1. The van der Waals surface area contributed by atoms with Gasteiger partial charge in [-0.05, 0) is 30.2 Å². The monoisotopic (exact) mass is 247 g/mol. The summed E-state index contributed by atoms with van der Waals surface area (Å²) in [7, 11) is 1.63. The predicted octanol–water partition coefficient (Wildman–Crippen LogP) is 0.637. The van der Waals surface area contributed by atoms with E-state index in [4.69, 9.17) is 5.11 Å². The molecule has 18 heavy (non-hydrogen) atoms. The van der Waals surface area contributed by atoms with E-state index >= 15 is 0 Å². The van der Waals surface area contributed by atoms with E-state index in [1.54, 1.807) is 19.2 Å². The van der Waals surface area contributed by atoms with Gasteiger partial charge in [-0.25, -0.2) is 14.3 Å². The predicted molar refractivity (Wildman–Crippen MR) is 64.7 cm³/mol. The van der Waals surface area contributed by atoms with E-state index in [0.717, 1.165) is 11.1 Å². The van der Waals surface area contributed by atoms with Crippen LogP contribution < -0.4 is 5.69 Å². The van der Waals surface area contributed by atoms with Crippen LogP contribution in [0.1, 0.15) is 21.5 Å². The molecule has 0 fully saturated rings. The molecule has 2 aromatic rings. The fourth-order valence-electron chi connectivity index (χ4n) is 1.70. The average Bonchev–Trinajstić information content (AvgIpc) is 2.63. The Labute approximate surface area is 103 Å². The second-order valence-electron chi connectivity index (χ2n) is 4.13. The Morgan fingerprint density at radius 1 is 1.44 bits per heavy atom. The van der Waals surface area contributed by atoms with Crippen molar-refractivity contribution >= 4 is 5.97 Å². The van der Waals surface area contributed by atoms with Gasteiger partial charge in [0.15, 0.2) is 0 Å². The third kappa shape index (κ3) is 2.17. The zero-order chi connectivity index (χ0) is 13.3. The van der Waals surface area contributed by atoms with Crippen LogP contribution in [0.4, 0.5) is 0 Å². The number of hydrogen-bond donors (Lipinski definition) is 1. The maximum Gasteiger partial charge on any atom is 0.345 e. The molecule has 1 N–H and O–H groups in total. The molecule has 0 radical (unpaired) electrons. The highest BCUT2D eigenvalue weighted by Crippen LogP contribution is 2.11. The zero-order valence-electron chi connectivity index (χ0n) is 10.1. The molecule has 0 unspecified atom stereocenters. The summed E-state index contributed by atoms with van der Waals surface area (Å²) < 4.78 is 2.73. The summed E-state index contributed by atoms with van der Waals surface area (Å²) in [6.45, 7) is 2.15. The minimum atomic E-state index is -0.959. The standard InChI is InChI=1S/C12H13N3O3/c1-8-5-9(11(16)17)3-4-10(8)6-15-12(18)14(2)7-13-15/h3-5,7H,6H2,1-2H3,(H,16,17). The van der Waals surface area contributed by atoms with Crippen LogP contribution in [-0.2, 0) is 13.6 Å². The molecular weight excluding hydrogens is 234 g/mol. The Kier molecular flexibility index (Phi) is 3.01. The molecule has 1 aromatic heterocycles. The fourth-order valence-corrected chi connectivity index (χ4v) is 1.70. The summed E-state index contributed by atoms with van der Waals surface area (Å²) >= 11 is 0. The Hall–Kier alpha value is -2.37. The van der Waals surface area contributed by atoms with Crippen molar-refractivity contribution in [3.63, 3.8) is 0 Å². The van der Waals surface area contributed by atoms with E-state index in [0.29, 0.717) is 6.54 Å². The number of nitrogens with zero attached hydrogens (tertiary/aromatic N) is 3. The van der Waals surface area contributed by atoms with Gasteiger partial charge in [-0.3, -0.25) is 4.57 Å². The van der Waals surface area contributed by atoms with Crippen LogP contribution in [0.2, 0.25) is 0 Å². The second-order valence-corrected chi connectivity index (χ2v) is 4.13. The Balaban J connectivity index is 2.33. The highest BCUT2D eigenvalue weighted by Gasteiger charge is 2.08. The molecule has 0 saturated heterocycles.